The van der Waals surface area contributed by atoms with E-state index in [4.69, 9.17) is 4.42 Å². The number of aromatic nitrogens is 2. The Hall–Kier alpha value is -3.59. The van der Waals surface area contributed by atoms with Crippen molar-refractivity contribution in [1.82, 2.24) is 9.97 Å². The molecular weight excluding hydrogens is 400 g/mol. The highest BCUT2D eigenvalue weighted by Crippen LogP contribution is 2.33. The topological polar surface area (TPSA) is 77.2 Å². The number of oxazole rings is 1. The van der Waals surface area contributed by atoms with E-state index in [0.717, 1.165) is 5.56 Å². The highest BCUT2D eigenvalue weighted by atomic mass is 32.1. The smallest absolute Gasteiger partial charge is 0.387 e. The first-order valence-electron chi connectivity index (χ1n) is 8.40. The summed E-state index contributed by atoms with van der Waals surface area (Å²) < 4.78 is 34.9. The number of carbonyl (C=O) groups excluding carboxylic acids is 1. The van der Waals surface area contributed by atoms with Gasteiger partial charge in [0.25, 0.3) is 5.91 Å². The van der Waals surface area contributed by atoms with Gasteiger partial charge in [-0.05, 0) is 24.3 Å². The van der Waals surface area contributed by atoms with Crippen LogP contribution >= 0.6 is 11.3 Å². The number of para-hydroxylation sites is 1. The molecule has 2 heterocycles. The van der Waals surface area contributed by atoms with Crippen LogP contribution in [0, 0.1) is 0 Å². The molecule has 0 fully saturated rings. The molecule has 1 amide bonds. The minimum atomic E-state index is -2.94. The lowest BCUT2D eigenvalue weighted by Gasteiger charge is -2.08. The minimum Gasteiger partial charge on any atom is -0.444 e. The van der Waals surface area contributed by atoms with E-state index in [-0.39, 0.29) is 11.7 Å². The first-order valence-corrected chi connectivity index (χ1v) is 9.28. The molecule has 0 unspecified atom stereocenters. The molecule has 2 aromatic heterocycles. The molecule has 9 heteroatoms. The number of benzene rings is 2. The quantitative estimate of drug-likeness (QED) is 0.463. The second kappa shape index (κ2) is 8.19. The predicted octanol–water partition coefficient (Wildman–Crippen LogP) is 5.32. The van der Waals surface area contributed by atoms with Crippen LogP contribution in [-0.2, 0) is 0 Å². The third kappa shape index (κ3) is 4.30. The lowest BCUT2D eigenvalue weighted by Crippen LogP contribution is -2.11. The Morgan fingerprint density at radius 1 is 1.14 bits per heavy atom. The van der Waals surface area contributed by atoms with Crippen LogP contribution in [0.1, 0.15) is 10.4 Å². The van der Waals surface area contributed by atoms with E-state index in [1.807, 2.05) is 0 Å². The number of alkyl halides is 2. The number of amides is 1. The third-order valence-electron chi connectivity index (χ3n) is 3.97. The van der Waals surface area contributed by atoms with Crippen LogP contribution in [0.15, 0.2) is 70.9 Å². The van der Waals surface area contributed by atoms with Crippen molar-refractivity contribution in [2.24, 2.45) is 0 Å². The molecule has 6 nitrogen and oxygen atoms in total. The normalized spacial score (nSPS) is 10.9. The second-order valence-electron chi connectivity index (χ2n) is 5.81. The highest BCUT2D eigenvalue weighted by molar-refractivity contribution is 7.14. The van der Waals surface area contributed by atoms with E-state index in [1.54, 1.807) is 54.0 Å². The summed E-state index contributed by atoms with van der Waals surface area (Å²) >= 11 is 1.19. The summed E-state index contributed by atoms with van der Waals surface area (Å²) in [4.78, 5) is 20.6. The van der Waals surface area contributed by atoms with Crippen LogP contribution in [0.3, 0.4) is 0 Å². The van der Waals surface area contributed by atoms with Crippen molar-refractivity contribution in [3.05, 3.63) is 72.1 Å². The number of ether oxygens (including phenoxy) is 1. The van der Waals surface area contributed by atoms with Gasteiger partial charge in [-0.3, -0.25) is 10.1 Å². The molecule has 0 aliphatic rings. The van der Waals surface area contributed by atoms with Crippen molar-refractivity contribution in [3.63, 3.8) is 0 Å². The summed E-state index contributed by atoms with van der Waals surface area (Å²) in [6, 6.07) is 13.2. The van der Waals surface area contributed by atoms with Crippen molar-refractivity contribution < 1.29 is 22.7 Å². The predicted molar refractivity (Wildman–Crippen MR) is 104 cm³/mol. The van der Waals surface area contributed by atoms with Gasteiger partial charge >= 0.3 is 6.61 Å². The maximum Gasteiger partial charge on any atom is 0.387 e. The summed E-state index contributed by atoms with van der Waals surface area (Å²) in [6.07, 6.45) is 2.92. The SMILES string of the molecule is O=C(Nc1nc(-c2ccccc2OC(F)F)cs1)c1ccc(-c2cnco2)cc1. The van der Waals surface area contributed by atoms with E-state index in [1.165, 1.54) is 23.8 Å². The molecule has 0 aliphatic carbocycles. The number of hydrogen-bond donors (Lipinski definition) is 1. The number of carbonyl (C=O) groups is 1. The van der Waals surface area contributed by atoms with Gasteiger partial charge in [-0.2, -0.15) is 8.78 Å². The molecule has 0 aliphatic heterocycles. The fourth-order valence-corrected chi connectivity index (χ4v) is 3.35. The van der Waals surface area contributed by atoms with Gasteiger partial charge in [-0.25, -0.2) is 9.97 Å². The van der Waals surface area contributed by atoms with Crippen LogP contribution in [0.5, 0.6) is 5.75 Å². The van der Waals surface area contributed by atoms with E-state index in [9.17, 15) is 13.6 Å². The molecule has 0 saturated carbocycles. The number of nitrogens with one attached hydrogen (secondary N) is 1. The third-order valence-corrected chi connectivity index (χ3v) is 4.73. The average Bonchev–Trinajstić information content (AvgIpc) is 3.40. The summed E-state index contributed by atoms with van der Waals surface area (Å²) in [5.74, 6) is 0.284. The zero-order chi connectivity index (χ0) is 20.2. The lowest BCUT2D eigenvalue weighted by molar-refractivity contribution is -0.0494. The highest BCUT2D eigenvalue weighted by Gasteiger charge is 2.15. The van der Waals surface area contributed by atoms with Crippen LogP contribution < -0.4 is 10.1 Å². The van der Waals surface area contributed by atoms with Gasteiger partial charge in [0, 0.05) is 22.1 Å². The zero-order valence-corrected chi connectivity index (χ0v) is 15.5. The maximum atomic E-state index is 12.6. The Morgan fingerprint density at radius 2 is 1.93 bits per heavy atom. The molecule has 0 atom stereocenters. The van der Waals surface area contributed by atoms with E-state index >= 15 is 0 Å². The van der Waals surface area contributed by atoms with E-state index in [0.29, 0.717) is 27.7 Å². The number of nitrogens with zero attached hydrogens (tertiary/aromatic N) is 2. The van der Waals surface area contributed by atoms with Gasteiger partial charge < -0.3 is 9.15 Å². The molecule has 0 bridgehead atoms. The standard InChI is InChI=1S/C20H13F2N3O3S/c21-19(22)28-16-4-2-1-3-14(16)15-10-29-20(24-15)25-18(26)13-7-5-12(6-8-13)17-9-23-11-27-17/h1-11,19H,(H,24,25,26). The molecule has 29 heavy (non-hydrogen) atoms. The van der Waals surface area contributed by atoms with Crippen molar-refractivity contribution in [1.29, 1.82) is 0 Å². The number of hydrogen-bond acceptors (Lipinski definition) is 6. The van der Waals surface area contributed by atoms with Crippen LogP contribution in [0.4, 0.5) is 13.9 Å². The first kappa shape index (κ1) is 18.8. The number of rotatable bonds is 6. The maximum absolute atomic E-state index is 12.6. The van der Waals surface area contributed by atoms with Crippen LogP contribution in [-0.4, -0.2) is 22.5 Å². The Bertz CT molecular complexity index is 1110. The minimum absolute atomic E-state index is 0.0219. The van der Waals surface area contributed by atoms with Crippen molar-refractivity contribution >= 4 is 22.4 Å². The van der Waals surface area contributed by atoms with Gasteiger partial charge in [0.1, 0.15) is 5.75 Å². The van der Waals surface area contributed by atoms with E-state index in [2.05, 4.69) is 20.0 Å². The first-order chi connectivity index (χ1) is 14.1. The molecule has 0 radical (unpaired) electrons. The lowest BCUT2D eigenvalue weighted by atomic mass is 10.1. The molecule has 4 aromatic rings. The summed E-state index contributed by atoms with van der Waals surface area (Å²) in [5.41, 5.74) is 2.08. The van der Waals surface area contributed by atoms with Crippen molar-refractivity contribution in [2.75, 3.05) is 5.32 Å². The summed E-state index contributed by atoms with van der Waals surface area (Å²) in [5, 5.41) is 4.71. The van der Waals surface area contributed by atoms with Gasteiger partial charge in [-0.1, -0.05) is 24.3 Å². The van der Waals surface area contributed by atoms with Crippen molar-refractivity contribution in [3.8, 4) is 28.3 Å². The Labute approximate surface area is 167 Å². The van der Waals surface area contributed by atoms with Gasteiger partial charge in [0.2, 0.25) is 0 Å². The van der Waals surface area contributed by atoms with Gasteiger partial charge in [0.05, 0.1) is 11.9 Å². The number of halogens is 2. The van der Waals surface area contributed by atoms with E-state index < -0.39 is 6.61 Å². The Kier molecular flexibility index (Phi) is 5.30. The van der Waals surface area contributed by atoms with Gasteiger partial charge in [-0.15, -0.1) is 11.3 Å². The Balaban J connectivity index is 1.49. The monoisotopic (exact) mass is 413 g/mol. The van der Waals surface area contributed by atoms with Crippen LogP contribution in [0.2, 0.25) is 0 Å². The molecule has 2 aromatic carbocycles. The molecule has 4 rings (SSSR count). The molecule has 0 saturated heterocycles. The summed E-state index contributed by atoms with van der Waals surface area (Å²) in [6.45, 7) is -2.94. The number of anilines is 1. The molecule has 0 spiro atoms. The van der Waals surface area contributed by atoms with Crippen LogP contribution in [0.25, 0.3) is 22.6 Å². The molecular formula is C20H13F2N3O3S. The van der Waals surface area contributed by atoms with Crippen molar-refractivity contribution in [2.45, 2.75) is 6.61 Å². The zero-order valence-electron chi connectivity index (χ0n) is 14.7. The number of thiazole rings is 1. The fourth-order valence-electron chi connectivity index (χ4n) is 2.65. The van der Waals surface area contributed by atoms with Gasteiger partial charge in [0.15, 0.2) is 17.3 Å². The average molecular weight is 413 g/mol. The largest absolute Gasteiger partial charge is 0.444 e. The summed E-state index contributed by atoms with van der Waals surface area (Å²) in [7, 11) is 0. The fraction of sp³-hybridized carbons (Fsp3) is 0.0500. The second-order valence-corrected chi connectivity index (χ2v) is 6.67. The Morgan fingerprint density at radius 3 is 2.66 bits per heavy atom. The molecule has 1 N–H and O–H groups in total. The molecule has 146 valence electrons.